The summed E-state index contributed by atoms with van der Waals surface area (Å²) in [7, 11) is 0. The van der Waals surface area contributed by atoms with Gasteiger partial charge in [0.05, 0.1) is 5.56 Å². The Kier molecular flexibility index (Phi) is 3.64. The quantitative estimate of drug-likeness (QED) is 0.769. The van der Waals surface area contributed by atoms with Crippen LogP contribution in [0.4, 0.5) is 0 Å². The van der Waals surface area contributed by atoms with Gasteiger partial charge < -0.3 is 5.11 Å². The number of fused-ring (bicyclic) bond motifs is 1. The molecule has 8 heteroatoms. The lowest BCUT2D eigenvalue weighted by Crippen LogP contribution is -1.98. The van der Waals surface area contributed by atoms with Crippen LogP contribution in [-0.2, 0) is 0 Å². The zero-order chi connectivity index (χ0) is 15.0. The summed E-state index contributed by atoms with van der Waals surface area (Å²) in [5, 5.41) is 17.9. The molecule has 6 nitrogen and oxygen atoms in total. The minimum absolute atomic E-state index is 0.213. The second kappa shape index (κ2) is 5.45. The van der Waals surface area contributed by atoms with E-state index < -0.39 is 5.97 Å². The fraction of sp³-hybridized carbons (Fsp3) is 0.0769. The Bertz CT molecular complexity index is 849. The molecule has 0 atom stereocenters. The van der Waals surface area contributed by atoms with E-state index in [9.17, 15) is 4.79 Å². The van der Waals surface area contributed by atoms with E-state index in [2.05, 4.69) is 31.1 Å². The molecule has 0 unspecified atom stereocenters. The minimum atomic E-state index is -0.978. The van der Waals surface area contributed by atoms with Crippen molar-refractivity contribution in [2.45, 2.75) is 16.8 Å². The molecule has 0 spiro atoms. The van der Waals surface area contributed by atoms with Gasteiger partial charge in [0, 0.05) is 21.8 Å². The lowest BCUT2D eigenvalue weighted by atomic mass is 10.2. The maximum Gasteiger partial charge on any atom is 0.336 e. The van der Waals surface area contributed by atoms with Crippen LogP contribution in [-0.4, -0.2) is 30.7 Å². The largest absolute Gasteiger partial charge is 0.478 e. The fourth-order valence-electron chi connectivity index (χ4n) is 1.83. The number of hydrogen-bond acceptors (Lipinski definition) is 5. The molecule has 0 radical (unpaired) electrons. The first kappa shape index (κ1) is 14.0. The molecule has 0 amide bonds. The van der Waals surface area contributed by atoms with Gasteiger partial charge in [-0.1, -0.05) is 11.8 Å². The number of rotatable bonds is 3. The summed E-state index contributed by atoms with van der Waals surface area (Å²) in [4.78, 5) is 16.2. The summed E-state index contributed by atoms with van der Waals surface area (Å²) in [5.74, 6) is -0.204. The first-order valence-corrected chi connectivity index (χ1v) is 7.54. The molecule has 21 heavy (non-hydrogen) atoms. The molecule has 0 fully saturated rings. The topological polar surface area (TPSA) is 80.4 Å². The van der Waals surface area contributed by atoms with Gasteiger partial charge in [-0.2, -0.15) is 0 Å². The molecule has 1 aromatic carbocycles. The van der Waals surface area contributed by atoms with E-state index in [0.717, 1.165) is 10.7 Å². The summed E-state index contributed by atoms with van der Waals surface area (Å²) < 4.78 is 2.38. The van der Waals surface area contributed by atoms with Gasteiger partial charge in [-0.15, -0.1) is 10.2 Å². The zero-order valence-corrected chi connectivity index (χ0v) is 13.2. The van der Waals surface area contributed by atoms with E-state index in [-0.39, 0.29) is 5.56 Å². The van der Waals surface area contributed by atoms with Crippen LogP contribution < -0.4 is 0 Å². The Morgan fingerprint density at radius 3 is 2.95 bits per heavy atom. The van der Waals surface area contributed by atoms with Crippen molar-refractivity contribution in [1.82, 2.24) is 19.6 Å². The molecule has 0 bridgehead atoms. The third-order valence-electron chi connectivity index (χ3n) is 2.85. The summed E-state index contributed by atoms with van der Waals surface area (Å²) in [6, 6.07) is 5.14. The molecule has 0 saturated heterocycles. The Morgan fingerprint density at radius 1 is 1.38 bits per heavy atom. The highest BCUT2D eigenvalue weighted by Crippen LogP contribution is 2.31. The van der Waals surface area contributed by atoms with Crippen molar-refractivity contribution in [3.05, 3.63) is 46.5 Å². The second-order valence-corrected chi connectivity index (χ2v) is 6.14. The molecule has 1 N–H and O–H groups in total. The summed E-state index contributed by atoms with van der Waals surface area (Å²) in [6.45, 7) is 1.86. The third-order valence-corrected chi connectivity index (χ3v) is 4.51. The van der Waals surface area contributed by atoms with Gasteiger partial charge >= 0.3 is 5.97 Å². The number of carboxylic acids is 1. The molecule has 3 aromatic rings. The Balaban J connectivity index is 2.03. The van der Waals surface area contributed by atoms with Crippen LogP contribution in [0.3, 0.4) is 0 Å². The van der Waals surface area contributed by atoms with Gasteiger partial charge in [-0.25, -0.2) is 9.78 Å². The molecular formula is C13H9BrN4O2S. The van der Waals surface area contributed by atoms with Gasteiger partial charge in [-0.3, -0.25) is 4.40 Å². The SMILES string of the molecule is Cc1nnc2c(Sc3ccc(Br)c(C(=O)O)c3)nccn12. The number of aromatic carboxylic acids is 1. The monoisotopic (exact) mass is 364 g/mol. The number of aryl methyl sites for hydroxylation is 1. The normalized spacial score (nSPS) is 11.0. The van der Waals surface area contributed by atoms with Crippen molar-refractivity contribution in [2.75, 3.05) is 0 Å². The number of carbonyl (C=O) groups is 1. The highest BCUT2D eigenvalue weighted by atomic mass is 79.9. The lowest BCUT2D eigenvalue weighted by molar-refractivity contribution is 0.0695. The van der Waals surface area contributed by atoms with Crippen molar-refractivity contribution < 1.29 is 9.90 Å². The van der Waals surface area contributed by atoms with Gasteiger partial charge in [0.1, 0.15) is 10.9 Å². The standard InChI is InChI=1S/C13H9BrN4O2S/c1-7-16-17-11-12(15-4-5-18(7)11)21-8-2-3-10(14)9(6-8)13(19)20/h2-6H,1H3,(H,19,20). The van der Waals surface area contributed by atoms with E-state index >= 15 is 0 Å². The van der Waals surface area contributed by atoms with Crippen LogP contribution in [0.15, 0.2) is 45.0 Å². The molecule has 0 aliphatic heterocycles. The number of benzene rings is 1. The maximum atomic E-state index is 11.2. The summed E-state index contributed by atoms with van der Waals surface area (Å²) in [6.07, 6.45) is 3.46. The highest BCUT2D eigenvalue weighted by molar-refractivity contribution is 9.10. The highest BCUT2D eigenvalue weighted by Gasteiger charge is 2.13. The van der Waals surface area contributed by atoms with Crippen LogP contribution in [0.2, 0.25) is 0 Å². The predicted molar refractivity (Wildman–Crippen MR) is 80.7 cm³/mol. The first-order chi connectivity index (χ1) is 10.1. The maximum absolute atomic E-state index is 11.2. The smallest absolute Gasteiger partial charge is 0.336 e. The molecule has 0 aliphatic rings. The van der Waals surface area contributed by atoms with Crippen LogP contribution in [0.25, 0.3) is 5.65 Å². The Morgan fingerprint density at radius 2 is 2.19 bits per heavy atom. The van der Waals surface area contributed by atoms with Crippen LogP contribution in [0.5, 0.6) is 0 Å². The molecule has 2 heterocycles. The number of aromatic nitrogens is 4. The third kappa shape index (κ3) is 2.64. The van der Waals surface area contributed by atoms with Crippen molar-refractivity contribution in [2.24, 2.45) is 0 Å². The van der Waals surface area contributed by atoms with E-state index in [1.165, 1.54) is 11.8 Å². The molecule has 3 rings (SSSR count). The van der Waals surface area contributed by atoms with Crippen molar-refractivity contribution >= 4 is 39.3 Å². The molecule has 0 aliphatic carbocycles. The Labute approximate surface area is 132 Å². The van der Waals surface area contributed by atoms with E-state index in [0.29, 0.717) is 15.1 Å². The predicted octanol–water partition coefficient (Wildman–Crippen LogP) is 3.04. The fourth-order valence-corrected chi connectivity index (χ4v) is 3.13. The molecule has 0 saturated carbocycles. The number of hydrogen-bond donors (Lipinski definition) is 1. The second-order valence-electron chi connectivity index (χ2n) is 4.22. The van der Waals surface area contributed by atoms with Gasteiger partial charge in [0.25, 0.3) is 0 Å². The number of halogens is 1. The van der Waals surface area contributed by atoms with E-state index in [1.807, 2.05) is 17.4 Å². The van der Waals surface area contributed by atoms with Crippen LogP contribution in [0, 0.1) is 6.92 Å². The molecular weight excluding hydrogens is 356 g/mol. The first-order valence-electron chi connectivity index (χ1n) is 5.93. The van der Waals surface area contributed by atoms with Crippen LogP contribution >= 0.6 is 27.7 Å². The van der Waals surface area contributed by atoms with Gasteiger partial charge in [0.15, 0.2) is 5.65 Å². The average Bonchev–Trinajstić information content (AvgIpc) is 2.84. The molecule has 106 valence electrons. The molecule has 2 aromatic heterocycles. The van der Waals surface area contributed by atoms with Crippen molar-refractivity contribution in [1.29, 1.82) is 0 Å². The van der Waals surface area contributed by atoms with E-state index in [4.69, 9.17) is 5.11 Å². The zero-order valence-electron chi connectivity index (χ0n) is 10.8. The Hall–Kier alpha value is -1.93. The average molecular weight is 365 g/mol. The van der Waals surface area contributed by atoms with Crippen molar-refractivity contribution in [3.8, 4) is 0 Å². The van der Waals surface area contributed by atoms with Crippen molar-refractivity contribution in [3.63, 3.8) is 0 Å². The van der Waals surface area contributed by atoms with Gasteiger partial charge in [0.2, 0.25) is 0 Å². The number of carboxylic acid groups (broad SMARTS) is 1. The van der Waals surface area contributed by atoms with Crippen LogP contribution in [0.1, 0.15) is 16.2 Å². The lowest BCUT2D eigenvalue weighted by Gasteiger charge is -2.05. The number of nitrogens with zero attached hydrogens (tertiary/aromatic N) is 4. The minimum Gasteiger partial charge on any atom is -0.478 e. The van der Waals surface area contributed by atoms with E-state index in [1.54, 1.807) is 24.5 Å². The summed E-state index contributed by atoms with van der Waals surface area (Å²) in [5.41, 5.74) is 0.865. The summed E-state index contributed by atoms with van der Waals surface area (Å²) >= 11 is 4.58. The van der Waals surface area contributed by atoms with Gasteiger partial charge in [-0.05, 0) is 41.1 Å².